The van der Waals surface area contributed by atoms with Gasteiger partial charge >= 0.3 is 11.9 Å². The summed E-state index contributed by atoms with van der Waals surface area (Å²) in [5.74, 6) is -0.658. The Bertz CT molecular complexity index is 1460. The number of rotatable bonds is 43. The molecular formula is C59H90O5. The first-order valence-electron chi connectivity index (χ1n) is 25.0. The zero-order chi connectivity index (χ0) is 46.3. The van der Waals surface area contributed by atoms with Crippen LogP contribution in [0.4, 0.5) is 0 Å². The molecule has 5 nitrogen and oxygen atoms in total. The minimum absolute atomic E-state index is 0.0998. The van der Waals surface area contributed by atoms with Crippen LogP contribution in [0, 0.1) is 0 Å². The quantitative estimate of drug-likeness (QED) is 0.0375. The maximum atomic E-state index is 12.3. The highest BCUT2D eigenvalue weighted by Gasteiger charge is 2.16. The summed E-state index contributed by atoms with van der Waals surface area (Å²) in [6.45, 7) is 3.85. The Kier molecular flexibility index (Phi) is 49.2. The molecule has 0 aliphatic heterocycles. The van der Waals surface area contributed by atoms with Crippen LogP contribution in [-0.2, 0) is 19.1 Å². The molecule has 0 aromatic rings. The standard InChI is InChI=1S/C59H90O5/c1-3-5-7-9-11-13-15-17-19-21-23-25-27-28-29-30-32-34-36-38-40-42-44-46-48-50-52-54-59(62)64-57(55-60)56-63-58(61)53-51-49-47-45-43-41-39-37-35-33-31-26-24-22-20-18-16-14-12-10-8-6-4-2/h5-8,11-14,17-20,23-26,28-29,32-35,38-41,57,60H,3-4,9-10,15-16,21-22,27,30-31,36-37,42-56H2,1-2H3/b7-5-,8-6-,13-11-,14-12-,19-17-,20-18-,25-23-,26-24-,29-28-,34-32-,35-33-,40-38-,41-39-. The molecule has 0 rings (SSSR count). The molecule has 0 radical (unpaired) electrons. The molecule has 0 aliphatic rings. The normalized spacial score (nSPS) is 13.6. The Morgan fingerprint density at radius 3 is 0.938 bits per heavy atom. The van der Waals surface area contributed by atoms with Gasteiger partial charge in [-0.25, -0.2) is 0 Å². The molecule has 1 atom stereocenters. The summed E-state index contributed by atoms with van der Waals surface area (Å²) in [6, 6.07) is 0. The predicted molar refractivity (Wildman–Crippen MR) is 278 cm³/mol. The minimum atomic E-state index is -0.808. The first-order valence-corrected chi connectivity index (χ1v) is 25.0. The molecule has 0 bridgehead atoms. The van der Waals surface area contributed by atoms with E-state index in [1.165, 1.54) is 0 Å². The lowest BCUT2D eigenvalue weighted by molar-refractivity contribution is -0.161. The van der Waals surface area contributed by atoms with E-state index in [0.29, 0.717) is 12.8 Å². The van der Waals surface area contributed by atoms with Crippen molar-refractivity contribution in [3.8, 4) is 0 Å². The fourth-order valence-electron chi connectivity index (χ4n) is 6.12. The van der Waals surface area contributed by atoms with Crippen LogP contribution < -0.4 is 0 Å². The topological polar surface area (TPSA) is 72.8 Å². The molecule has 1 unspecified atom stereocenters. The zero-order valence-corrected chi connectivity index (χ0v) is 40.5. The van der Waals surface area contributed by atoms with Crippen LogP contribution in [0.5, 0.6) is 0 Å². The van der Waals surface area contributed by atoms with Crippen LogP contribution >= 0.6 is 0 Å². The summed E-state index contributed by atoms with van der Waals surface area (Å²) in [5.41, 5.74) is 0. The Morgan fingerprint density at radius 1 is 0.359 bits per heavy atom. The molecule has 0 saturated carbocycles. The van der Waals surface area contributed by atoms with Crippen LogP contribution in [0.3, 0.4) is 0 Å². The highest BCUT2D eigenvalue weighted by Crippen LogP contribution is 2.11. The molecule has 0 spiro atoms. The van der Waals surface area contributed by atoms with Crippen LogP contribution in [0.2, 0.25) is 0 Å². The third-order valence-corrected chi connectivity index (χ3v) is 9.82. The summed E-state index contributed by atoms with van der Waals surface area (Å²) in [6.07, 6.45) is 81.8. The highest BCUT2D eigenvalue weighted by atomic mass is 16.6. The van der Waals surface area contributed by atoms with Crippen LogP contribution in [0.1, 0.15) is 181 Å². The van der Waals surface area contributed by atoms with Gasteiger partial charge in [-0.1, -0.05) is 204 Å². The number of hydrogen-bond donors (Lipinski definition) is 1. The summed E-state index contributed by atoms with van der Waals surface area (Å²) < 4.78 is 10.6. The maximum absolute atomic E-state index is 12.3. The Labute approximate surface area is 392 Å². The van der Waals surface area contributed by atoms with E-state index < -0.39 is 6.10 Å². The largest absolute Gasteiger partial charge is 0.462 e. The van der Waals surface area contributed by atoms with Gasteiger partial charge in [0.1, 0.15) is 6.61 Å². The second-order valence-corrected chi connectivity index (χ2v) is 15.8. The fourth-order valence-corrected chi connectivity index (χ4v) is 6.12. The lowest BCUT2D eigenvalue weighted by Gasteiger charge is -2.15. The number of aliphatic hydroxyl groups is 1. The molecule has 0 heterocycles. The number of aliphatic hydroxyl groups excluding tert-OH is 1. The molecular weight excluding hydrogens is 789 g/mol. The van der Waals surface area contributed by atoms with Gasteiger partial charge in [0.2, 0.25) is 0 Å². The Balaban J connectivity index is 3.70. The average Bonchev–Trinajstić information content (AvgIpc) is 3.30. The molecule has 0 fully saturated rings. The number of unbranched alkanes of at least 4 members (excludes halogenated alkanes) is 9. The molecule has 1 N–H and O–H groups in total. The third-order valence-electron chi connectivity index (χ3n) is 9.82. The van der Waals surface area contributed by atoms with Gasteiger partial charge in [-0.05, 0) is 122 Å². The van der Waals surface area contributed by atoms with Gasteiger partial charge in [-0.3, -0.25) is 9.59 Å². The number of carbonyl (C=O) groups excluding carboxylic acids is 2. The van der Waals surface area contributed by atoms with Crippen molar-refractivity contribution < 1.29 is 24.2 Å². The Morgan fingerprint density at radius 2 is 0.625 bits per heavy atom. The second kappa shape index (κ2) is 52.9. The minimum Gasteiger partial charge on any atom is -0.462 e. The van der Waals surface area contributed by atoms with Crippen molar-refractivity contribution in [3.63, 3.8) is 0 Å². The molecule has 64 heavy (non-hydrogen) atoms. The van der Waals surface area contributed by atoms with Crippen molar-refractivity contribution in [2.24, 2.45) is 0 Å². The van der Waals surface area contributed by atoms with Crippen molar-refractivity contribution in [2.75, 3.05) is 13.2 Å². The van der Waals surface area contributed by atoms with Crippen LogP contribution in [-0.4, -0.2) is 36.4 Å². The third kappa shape index (κ3) is 50.2. The van der Waals surface area contributed by atoms with Crippen molar-refractivity contribution in [2.45, 2.75) is 187 Å². The first kappa shape index (κ1) is 59.5. The summed E-state index contributed by atoms with van der Waals surface area (Å²) >= 11 is 0. The van der Waals surface area contributed by atoms with Gasteiger partial charge in [0.15, 0.2) is 6.10 Å². The number of ether oxygens (including phenoxy) is 2. The summed E-state index contributed by atoms with van der Waals surface area (Å²) in [5, 5.41) is 9.63. The van der Waals surface area contributed by atoms with E-state index in [1.54, 1.807) is 0 Å². The number of carbonyl (C=O) groups is 2. The second-order valence-electron chi connectivity index (χ2n) is 15.8. The van der Waals surface area contributed by atoms with Crippen molar-refractivity contribution >= 4 is 11.9 Å². The van der Waals surface area contributed by atoms with Gasteiger partial charge in [0, 0.05) is 12.8 Å². The van der Waals surface area contributed by atoms with E-state index >= 15 is 0 Å². The van der Waals surface area contributed by atoms with Crippen molar-refractivity contribution in [1.29, 1.82) is 0 Å². The lowest BCUT2D eigenvalue weighted by atomic mass is 10.1. The smallest absolute Gasteiger partial charge is 0.306 e. The number of hydrogen-bond acceptors (Lipinski definition) is 5. The van der Waals surface area contributed by atoms with Gasteiger partial charge in [-0.2, -0.15) is 0 Å². The van der Waals surface area contributed by atoms with Gasteiger partial charge < -0.3 is 14.6 Å². The van der Waals surface area contributed by atoms with E-state index in [2.05, 4.69) is 172 Å². The van der Waals surface area contributed by atoms with Gasteiger partial charge in [-0.15, -0.1) is 0 Å². The molecule has 356 valence electrons. The van der Waals surface area contributed by atoms with Gasteiger partial charge in [0.05, 0.1) is 6.61 Å². The zero-order valence-electron chi connectivity index (χ0n) is 40.5. The fraction of sp³-hybridized carbons (Fsp3) is 0.525. The van der Waals surface area contributed by atoms with Gasteiger partial charge in [0.25, 0.3) is 0 Å². The maximum Gasteiger partial charge on any atom is 0.306 e. The summed E-state index contributed by atoms with van der Waals surface area (Å²) in [4.78, 5) is 24.5. The predicted octanol–water partition coefficient (Wildman–Crippen LogP) is 16.8. The SMILES string of the molecule is CC/C=C\C/C=C\C/C=C\C/C=C\C/C=C\C/C=C\C/C=C\CCCCCCCC(=O)OC(CO)COC(=O)CCCCCC/C=C\C/C=C\C/C=C\C/C=C\C/C=C\C/C=C\CC. The monoisotopic (exact) mass is 879 g/mol. The van der Waals surface area contributed by atoms with E-state index in [-0.39, 0.29) is 25.2 Å². The average molecular weight is 879 g/mol. The van der Waals surface area contributed by atoms with E-state index in [0.717, 1.165) is 154 Å². The van der Waals surface area contributed by atoms with E-state index in [9.17, 15) is 14.7 Å². The molecule has 0 aliphatic carbocycles. The Hall–Kier alpha value is -4.48. The van der Waals surface area contributed by atoms with E-state index in [4.69, 9.17) is 9.47 Å². The molecule has 0 aromatic carbocycles. The van der Waals surface area contributed by atoms with E-state index in [1.807, 2.05) is 0 Å². The first-order chi connectivity index (χ1) is 31.6. The molecule has 0 aromatic heterocycles. The summed E-state index contributed by atoms with van der Waals surface area (Å²) in [7, 11) is 0. The number of esters is 2. The van der Waals surface area contributed by atoms with Crippen LogP contribution in [0.15, 0.2) is 158 Å². The molecule has 5 heteroatoms. The highest BCUT2D eigenvalue weighted by molar-refractivity contribution is 5.70. The molecule has 0 saturated heterocycles. The molecule has 0 amide bonds. The number of allylic oxidation sites excluding steroid dienone is 26. The van der Waals surface area contributed by atoms with Crippen LogP contribution in [0.25, 0.3) is 0 Å². The van der Waals surface area contributed by atoms with Crippen molar-refractivity contribution in [3.05, 3.63) is 158 Å². The lowest BCUT2D eigenvalue weighted by Crippen LogP contribution is -2.28. The van der Waals surface area contributed by atoms with Crippen molar-refractivity contribution in [1.82, 2.24) is 0 Å².